The summed E-state index contributed by atoms with van der Waals surface area (Å²) in [4.78, 5) is 14.9. The third-order valence-electron chi connectivity index (χ3n) is 2.22. The molecule has 1 aromatic carbocycles. The summed E-state index contributed by atoms with van der Waals surface area (Å²) in [5.41, 5.74) is 1.73. The molecule has 0 saturated carbocycles. The first-order valence-corrected chi connectivity index (χ1v) is 6.98. The second-order valence-electron chi connectivity index (χ2n) is 4.22. The van der Waals surface area contributed by atoms with E-state index in [9.17, 15) is 4.79 Å². The highest BCUT2D eigenvalue weighted by molar-refractivity contribution is 8.15. The van der Waals surface area contributed by atoms with Gasteiger partial charge < -0.3 is 10.6 Å². The van der Waals surface area contributed by atoms with Crippen LogP contribution in [0.3, 0.4) is 0 Å². The van der Waals surface area contributed by atoms with Gasteiger partial charge in [0.25, 0.3) is 5.91 Å². The molecule has 0 saturated heterocycles. The lowest BCUT2D eigenvalue weighted by molar-refractivity contribution is -0.115. The number of halogens is 1. The summed E-state index contributed by atoms with van der Waals surface area (Å²) in [6.45, 7) is 4.13. The Morgan fingerprint density at radius 2 is 2.22 bits per heavy atom. The highest BCUT2D eigenvalue weighted by Crippen LogP contribution is 2.27. The zero-order valence-corrected chi connectivity index (χ0v) is 11.7. The van der Waals surface area contributed by atoms with Gasteiger partial charge in [-0.3, -0.25) is 4.79 Å². The number of carbonyl (C=O) groups excluding carboxylic acids is 1. The van der Waals surface area contributed by atoms with E-state index in [4.69, 9.17) is 11.6 Å². The van der Waals surface area contributed by atoms with Gasteiger partial charge in [0.2, 0.25) is 0 Å². The SMILES string of the molecule is CC(C)Nc1ccc(Cl)c(NC2=NC(=O)CS2)c1. The van der Waals surface area contributed by atoms with Crippen LogP contribution < -0.4 is 10.6 Å². The van der Waals surface area contributed by atoms with Crippen molar-refractivity contribution in [1.29, 1.82) is 0 Å². The van der Waals surface area contributed by atoms with E-state index in [-0.39, 0.29) is 5.91 Å². The van der Waals surface area contributed by atoms with Crippen LogP contribution in [-0.4, -0.2) is 22.9 Å². The van der Waals surface area contributed by atoms with Crippen LogP contribution in [0.4, 0.5) is 11.4 Å². The number of thioether (sulfide) groups is 1. The number of aliphatic imine (C=N–C) groups is 1. The third-order valence-corrected chi connectivity index (χ3v) is 3.41. The summed E-state index contributed by atoms with van der Waals surface area (Å²) in [6.07, 6.45) is 0. The molecule has 18 heavy (non-hydrogen) atoms. The van der Waals surface area contributed by atoms with Crippen molar-refractivity contribution in [2.45, 2.75) is 19.9 Å². The third kappa shape index (κ3) is 3.40. The van der Waals surface area contributed by atoms with E-state index >= 15 is 0 Å². The number of hydrogen-bond acceptors (Lipinski definition) is 4. The van der Waals surface area contributed by atoms with Gasteiger partial charge in [-0.2, -0.15) is 4.99 Å². The normalized spacial score (nSPS) is 14.9. The first kappa shape index (κ1) is 13.2. The van der Waals surface area contributed by atoms with E-state index in [1.807, 2.05) is 18.2 Å². The summed E-state index contributed by atoms with van der Waals surface area (Å²) in [5, 5.41) is 7.57. The first-order valence-electron chi connectivity index (χ1n) is 5.62. The number of carbonyl (C=O) groups is 1. The van der Waals surface area contributed by atoms with Crippen molar-refractivity contribution in [2.75, 3.05) is 16.4 Å². The van der Waals surface area contributed by atoms with E-state index in [1.165, 1.54) is 11.8 Å². The molecule has 0 unspecified atom stereocenters. The van der Waals surface area contributed by atoms with Crippen molar-refractivity contribution in [3.05, 3.63) is 23.2 Å². The van der Waals surface area contributed by atoms with Crippen molar-refractivity contribution in [2.24, 2.45) is 4.99 Å². The topological polar surface area (TPSA) is 53.5 Å². The quantitative estimate of drug-likeness (QED) is 0.894. The van der Waals surface area contributed by atoms with E-state index in [0.717, 1.165) is 11.4 Å². The molecule has 0 aromatic heterocycles. The van der Waals surface area contributed by atoms with Crippen molar-refractivity contribution in [1.82, 2.24) is 0 Å². The van der Waals surface area contributed by atoms with Gasteiger partial charge in [-0.25, -0.2) is 0 Å². The van der Waals surface area contributed by atoms with Gasteiger partial charge in [0.1, 0.15) is 0 Å². The van der Waals surface area contributed by atoms with Gasteiger partial charge in [-0.15, -0.1) is 0 Å². The lowest BCUT2D eigenvalue weighted by Crippen LogP contribution is -2.11. The van der Waals surface area contributed by atoms with Gasteiger partial charge in [-0.05, 0) is 32.0 Å². The van der Waals surface area contributed by atoms with Crippen LogP contribution in [-0.2, 0) is 4.79 Å². The molecule has 0 radical (unpaired) electrons. The Bertz CT molecular complexity index is 502. The Morgan fingerprint density at radius 3 is 2.83 bits per heavy atom. The molecule has 0 aliphatic carbocycles. The number of benzene rings is 1. The number of amidine groups is 1. The van der Waals surface area contributed by atoms with Crippen molar-refractivity contribution < 1.29 is 4.79 Å². The molecule has 1 aliphatic heterocycles. The molecule has 2 rings (SSSR count). The molecule has 0 fully saturated rings. The minimum absolute atomic E-state index is 0.116. The average Bonchev–Trinajstić information content (AvgIpc) is 2.68. The van der Waals surface area contributed by atoms with Gasteiger partial charge in [0.15, 0.2) is 5.17 Å². The number of nitrogens with zero attached hydrogens (tertiary/aromatic N) is 1. The molecule has 4 nitrogen and oxygen atoms in total. The van der Waals surface area contributed by atoms with Gasteiger partial charge in [-0.1, -0.05) is 23.4 Å². The maximum Gasteiger partial charge on any atom is 0.258 e. The minimum Gasteiger partial charge on any atom is -0.383 e. The fraction of sp³-hybridized carbons (Fsp3) is 0.333. The molecule has 1 heterocycles. The van der Waals surface area contributed by atoms with Crippen LogP contribution in [0, 0.1) is 0 Å². The van der Waals surface area contributed by atoms with Crippen LogP contribution in [0.5, 0.6) is 0 Å². The van der Waals surface area contributed by atoms with Crippen molar-refractivity contribution in [3.63, 3.8) is 0 Å². The number of anilines is 2. The zero-order chi connectivity index (χ0) is 13.1. The molecule has 2 N–H and O–H groups in total. The molecule has 0 spiro atoms. The summed E-state index contributed by atoms with van der Waals surface area (Å²) in [6, 6.07) is 5.99. The number of amides is 1. The summed E-state index contributed by atoms with van der Waals surface area (Å²) >= 11 is 7.49. The molecule has 1 aliphatic rings. The van der Waals surface area contributed by atoms with E-state index < -0.39 is 0 Å². The second kappa shape index (κ2) is 5.63. The van der Waals surface area contributed by atoms with Gasteiger partial charge >= 0.3 is 0 Å². The van der Waals surface area contributed by atoms with Crippen LogP contribution in [0.15, 0.2) is 23.2 Å². The fourth-order valence-electron chi connectivity index (χ4n) is 1.53. The van der Waals surface area contributed by atoms with Crippen LogP contribution in [0.25, 0.3) is 0 Å². The predicted octanol–water partition coefficient (Wildman–Crippen LogP) is 3.20. The number of nitrogens with one attached hydrogen (secondary N) is 2. The van der Waals surface area contributed by atoms with Gasteiger partial charge in [0.05, 0.1) is 16.5 Å². The molecular formula is C12H14ClN3OS. The lowest BCUT2D eigenvalue weighted by atomic mass is 10.2. The Labute approximate surface area is 115 Å². The highest BCUT2D eigenvalue weighted by atomic mass is 35.5. The smallest absolute Gasteiger partial charge is 0.258 e. The van der Waals surface area contributed by atoms with Crippen LogP contribution in [0.1, 0.15) is 13.8 Å². The Kier molecular flexibility index (Phi) is 4.14. The van der Waals surface area contributed by atoms with Crippen molar-refractivity contribution >= 4 is 45.8 Å². The molecule has 0 bridgehead atoms. The Hall–Kier alpha value is -1.20. The van der Waals surface area contributed by atoms with E-state index in [2.05, 4.69) is 29.5 Å². The maximum absolute atomic E-state index is 11.0. The highest BCUT2D eigenvalue weighted by Gasteiger charge is 2.15. The fourth-order valence-corrected chi connectivity index (χ4v) is 2.37. The summed E-state index contributed by atoms with van der Waals surface area (Å²) in [5.74, 6) is 0.277. The van der Waals surface area contributed by atoms with Crippen molar-refractivity contribution in [3.8, 4) is 0 Å². The van der Waals surface area contributed by atoms with E-state index in [1.54, 1.807) is 0 Å². The summed E-state index contributed by atoms with van der Waals surface area (Å²) in [7, 11) is 0. The largest absolute Gasteiger partial charge is 0.383 e. The zero-order valence-electron chi connectivity index (χ0n) is 10.2. The molecule has 1 amide bonds. The molecule has 96 valence electrons. The van der Waals surface area contributed by atoms with Crippen LogP contribution in [0.2, 0.25) is 5.02 Å². The van der Waals surface area contributed by atoms with Gasteiger partial charge in [0, 0.05) is 11.7 Å². The molecule has 1 aromatic rings. The standard InChI is InChI=1S/C12H14ClN3OS/c1-7(2)14-8-3-4-9(13)10(5-8)15-12-16-11(17)6-18-12/h3-5,7,14H,6H2,1-2H3,(H,15,16,17). The second-order valence-corrected chi connectivity index (χ2v) is 5.59. The lowest BCUT2D eigenvalue weighted by Gasteiger charge is -2.13. The molecule has 6 heteroatoms. The Morgan fingerprint density at radius 1 is 1.44 bits per heavy atom. The molecule has 0 atom stereocenters. The molecular weight excluding hydrogens is 270 g/mol. The maximum atomic E-state index is 11.0. The number of rotatable bonds is 3. The average molecular weight is 284 g/mol. The number of hydrogen-bond donors (Lipinski definition) is 2. The first-order chi connectivity index (χ1) is 8.54. The van der Waals surface area contributed by atoms with E-state index in [0.29, 0.717) is 22.0 Å². The summed E-state index contributed by atoms with van der Waals surface area (Å²) < 4.78 is 0. The van der Waals surface area contributed by atoms with Crippen LogP contribution >= 0.6 is 23.4 Å². The monoisotopic (exact) mass is 283 g/mol. The Balaban J connectivity index is 2.16. The minimum atomic E-state index is -0.116. The predicted molar refractivity (Wildman–Crippen MR) is 78.7 cm³/mol.